The SMILES string of the molecule is CCN(CC)P(=O)(/C(=N\Nc1ccc([N+](=O)[O-])cc1)N(C)C)N(CC)CC. The Morgan fingerprint density at radius 2 is 1.48 bits per heavy atom. The van der Waals surface area contributed by atoms with Crippen molar-refractivity contribution < 1.29 is 9.49 Å². The van der Waals surface area contributed by atoms with Crippen LogP contribution in [0.4, 0.5) is 11.4 Å². The quantitative estimate of drug-likeness (QED) is 0.211. The van der Waals surface area contributed by atoms with Gasteiger partial charge in [-0.2, -0.15) is 5.10 Å². The number of nitro benzene ring substituents is 1. The number of nitrogens with zero attached hydrogens (tertiary/aromatic N) is 5. The number of amidine groups is 1. The molecule has 0 saturated carbocycles. The molecule has 0 atom stereocenters. The summed E-state index contributed by atoms with van der Waals surface area (Å²) >= 11 is 0. The molecule has 1 aromatic rings. The molecular weight excluding hydrogens is 367 g/mol. The Morgan fingerprint density at radius 1 is 1.04 bits per heavy atom. The van der Waals surface area contributed by atoms with Crippen molar-refractivity contribution in [3.8, 4) is 0 Å². The Bertz CT molecular complexity index is 668. The largest absolute Gasteiger partial charge is 0.356 e. The number of nitro groups is 1. The summed E-state index contributed by atoms with van der Waals surface area (Å²) in [6.45, 7) is 10.5. The van der Waals surface area contributed by atoms with Crippen LogP contribution in [0, 0.1) is 10.1 Å². The molecule has 0 amide bonds. The number of nitrogens with one attached hydrogen (secondary N) is 1. The van der Waals surface area contributed by atoms with Gasteiger partial charge in [0.15, 0.2) is 0 Å². The van der Waals surface area contributed by atoms with Crippen LogP contribution in [0.1, 0.15) is 27.7 Å². The second-order valence-corrected chi connectivity index (χ2v) is 8.66. The number of hydrazone groups is 1. The van der Waals surface area contributed by atoms with Gasteiger partial charge in [-0.05, 0) is 12.1 Å². The minimum atomic E-state index is -3.10. The van der Waals surface area contributed by atoms with Gasteiger partial charge >= 0.3 is 0 Å². The fraction of sp³-hybridized carbons (Fsp3) is 0.588. The summed E-state index contributed by atoms with van der Waals surface area (Å²) in [6, 6.07) is 5.96. The number of benzene rings is 1. The van der Waals surface area contributed by atoms with Crippen LogP contribution in [0.25, 0.3) is 0 Å². The van der Waals surface area contributed by atoms with E-state index in [4.69, 9.17) is 0 Å². The zero-order valence-corrected chi connectivity index (χ0v) is 17.9. The number of rotatable bonds is 10. The molecule has 1 rings (SSSR count). The topological polar surface area (TPSA) is 94.3 Å². The molecule has 0 radical (unpaired) electrons. The predicted molar refractivity (Wildman–Crippen MR) is 111 cm³/mol. The van der Waals surface area contributed by atoms with Crippen molar-refractivity contribution in [3.05, 3.63) is 34.4 Å². The first-order chi connectivity index (χ1) is 12.8. The van der Waals surface area contributed by atoms with Crippen LogP contribution >= 0.6 is 7.44 Å². The van der Waals surface area contributed by atoms with E-state index < -0.39 is 12.4 Å². The molecule has 9 nitrogen and oxygen atoms in total. The fourth-order valence-corrected chi connectivity index (χ4v) is 5.94. The normalized spacial score (nSPS) is 12.5. The number of hydrogen-bond acceptors (Lipinski definition) is 5. The lowest BCUT2D eigenvalue weighted by Gasteiger charge is -2.39. The van der Waals surface area contributed by atoms with E-state index in [0.29, 0.717) is 37.4 Å². The zero-order valence-electron chi connectivity index (χ0n) is 17.0. The van der Waals surface area contributed by atoms with Crippen molar-refractivity contribution in [1.82, 2.24) is 14.2 Å². The third-order valence-electron chi connectivity index (χ3n) is 4.25. The van der Waals surface area contributed by atoms with Crippen molar-refractivity contribution in [2.45, 2.75) is 27.7 Å². The maximum atomic E-state index is 14.2. The van der Waals surface area contributed by atoms with E-state index in [0.717, 1.165) is 0 Å². The molecule has 0 heterocycles. The van der Waals surface area contributed by atoms with Crippen molar-refractivity contribution in [3.63, 3.8) is 0 Å². The summed E-state index contributed by atoms with van der Waals surface area (Å²) in [4.78, 5) is 12.1. The summed E-state index contributed by atoms with van der Waals surface area (Å²) in [5.74, 6) is 0. The minimum absolute atomic E-state index is 0.00863. The van der Waals surface area contributed by atoms with E-state index in [1.54, 1.807) is 17.0 Å². The van der Waals surface area contributed by atoms with Gasteiger partial charge in [-0.25, -0.2) is 9.34 Å². The van der Waals surface area contributed by atoms with Gasteiger partial charge in [-0.3, -0.25) is 20.1 Å². The van der Waals surface area contributed by atoms with Crippen molar-refractivity contribution in [2.75, 3.05) is 45.7 Å². The van der Waals surface area contributed by atoms with Gasteiger partial charge in [0.2, 0.25) is 5.58 Å². The molecule has 0 unspecified atom stereocenters. The summed E-state index contributed by atoms with van der Waals surface area (Å²) in [5, 5.41) is 15.2. The average molecular weight is 398 g/mol. The molecule has 0 aliphatic rings. The lowest BCUT2D eigenvalue weighted by Crippen LogP contribution is -2.40. The first-order valence-electron chi connectivity index (χ1n) is 9.12. The first kappa shape index (κ1) is 23.1. The minimum Gasteiger partial charge on any atom is -0.356 e. The highest BCUT2D eigenvalue weighted by Crippen LogP contribution is 2.54. The average Bonchev–Trinajstić information content (AvgIpc) is 2.63. The summed E-state index contributed by atoms with van der Waals surface area (Å²) in [5.41, 5.74) is 3.94. The van der Waals surface area contributed by atoms with Gasteiger partial charge in [-0.15, -0.1) is 0 Å². The third kappa shape index (κ3) is 5.28. The van der Waals surface area contributed by atoms with Gasteiger partial charge in [0.25, 0.3) is 13.1 Å². The van der Waals surface area contributed by atoms with Gasteiger partial charge in [-0.1, -0.05) is 27.7 Å². The van der Waals surface area contributed by atoms with Crippen LogP contribution in [-0.4, -0.2) is 65.0 Å². The monoisotopic (exact) mass is 398 g/mol. The molecule has 10 heteroatoms. The van der Waals surface area contributed by atoms with E-state index in [1.807, 2.05) is 51.1 Å². The highest BCUT2D eigenvalue weighted by Gasteiger charge is 2.41. The van der Waals surface area contributed by atoms with Gasteiger partial charge < -0.3 is 4.90 Å². The van der Waals surface area contributed by atoms with Crippen LogP contribution in [0.5, 0.6) is 0 Å². The second kappa shape index (κ2) is 10.4. The van der Waals surface area contributed by atoms with Crippen LogP contribution in [-0.2, 0) is 4.57 Å². The molecule has 0 bridgehead atoms. The van der Waals surface area contributed by atoms with Crippen LogP contribution in [0.2, 0.25) is 0 Å². The Labute approximate surface area is 161 Å². The van der Waals surface area contributed by atoms with E-state index in [2.05, 4.69) is 10.5 Å². The van der Waals surface area contributed by atoms with Crippen LogP contribution in [0.15, 0.2) is 29.4 Å². The highest BCUT2D eigenvalue weighted by molar-refractivity contribution is 7.76. The lowest BCUT2D eigenvalue weighted by atomic mass is 10.3. The van der Waals surface area contributed by atoms with E-state index in [9.17, 15) is 14.7 Å². The molecule has 0 aliphatic heterocycles. The molecule has 0 spiro atoms. The maximum absolute atomic E-state index is 14.2. The molecule has 1 N–H and O–H groups in total. The summed E-state index contributed by atoms with van der Waals surface area (Å²) in [6.07, 6.45) is 0. The van der Waals surface area contributed by atoms with Gasteiger partial charge in [0, 0.05) is 52.4 Å². The molecule has 0 saturated heterocycles. The standard InChI is InChI=1S/C17H31N6O3P/c1-7-21(8-2)27(26,22(9-3)10-4)17(20(5)6)19-18-15-11-13-16(14-12-15)23(24)25/h11-14,18H,7-10H2,1-6H3/b19-17-. The molecule has 1 aromatic carbocycles. The second-order valence-electron chi connectivity index (χ2n) is 6.04. The zero-order chi connectivity index (χ0) is 20.6. The van der Waals surface area contributed by atoms with Crippen molar-refractivity contribution >= 4 is 24.4 Å². The lowest BCUT2D eigenvalue weighted by molar-refractivity contribution is -0.384. The van der Waals surface area contributed by atoms with Crippen LogP contribution in [0.3, 0.4) is 0 Å². The number of hydrogen-bond donors (Lipinski definition) is 1. The Morgan fingerprint density at radius 3 is 1.81 bits per heavy atom. The van der Waals surface area contributed by atoms with Crippen molar-refractivity contribution in [2.24, 2.45) is 5.10 Å². The predicted octanol–water partition coefficient (Wildman–Crippen LogP) is 3.72. The molecular formula is C17H31N6O3P. The maximum Gasteiger partial charge on any atom is 0.281 e. The Balaban J connectivity index is 3.33. The van der Waals surface area contributed by atoms with Crippen LogP contribution < -0.4 is 5.43 Å². The molecule has 0 fully saturated rings. The summed E-state index contributed by atoms with van der Waals surface area (Å²) in [7, 11) is 0.535. The smallest absolute Gasteiger partial charge is 0.281 e. The fourth-order valence-electron chi connectivity index (χ4n) is 2.84. The van der Waals surface area contributed by atoms with Gasteiger partial charge in [0.05, 0.1) is 10.6 Å². The molecule has 27 heavy (non-hydrogen) atoms. The van der Waals surface area contributed by atoms with Crippen molar-refractivity contribution in [1.29, 1.82) is 0 Å². The van der Waals surface area contributed by atoms with E-state index in [-0.39, 0.29) is 5.69 Å². The van der Waals surface area contributed by atoms with Gasteiger partial charge in [0.1, 0.15) is 0 Å². The molecule has 0 aliphatic carbocycles. The molecule has 0 aromatic heterocycles. The Hall–Kier alpha value is -1.96. The highest BCUT2D eigenvalue weighted by atomic mass is 31.2. The van der Waals surface area contributed by atoms with E-state index in [1.165, 1.54) is 12.1 Å². The summed E-state index contributed by atoms with van der Waals surface area (Å²) < 4.78 is 18.1. The van der Waals surface area contributed by atoms with E-state index >= 15 is 0 Å². The first-order valence-corrected chi connectivity index (χ1v) is 10.7. The molecule has 152 valence electrons. The number of non-ortho nitro benzene ring substituents is 1. The number of anilines is 1. The third-order valence-corrected chi connectivity index (χ3v) is 7.94. The Kier molecular flexibility index (Phi) is 8.88.